The molecule has 0 fully saturated rings. The van der Waals surface area contributed by atoms with E-state index in [0.717, 1.165) is 10.9 Å². The minimum atomic E-state index is -1.18. The summed E-state index contributed by atoms with van der Waals surface area (Å²) in [5, 5.41) is 13.7. The summed E-state index contributed by atoms with van der Waals surface area (Å²) < 4.78 is 10.8. The van der Waals surface area contributed by atoms with E-state index in [0.29, 0.717) is 22.5 Å². The highest BCUT2D eigenvalue weighted by atomic mass is 16.5. The van der Waals surface area contributed by atoms with Gasteiger partial charge < -0.3 is 24.9 Å². The standard InChI is InChI=1S/C18H20N2O7/c1-9-10(2)18(25)27-17-11(3)13(5-4-12(9)17)26-8-15(22)19-6-14(21)20-7-16(23)24/h4-5H,6-8H2,1-3H3,(H,19,22)(H,20,21)(H,23,24). The van der Waals surface area contributed by atoms with Crippen LogP contribution in [0.5, 0.6) is 5.75 Å². The molecular formula is C18H20N2O7. The van der Waals surface area contributed by atoms with Crippen LogP contribution in [0.4, 0.5) is 0 Å². The Hall–Kier alpha value is -3.36. The molecule has 3 N–H and O–H groups in total. The van der Waals surface area contributed by atoms with Gasteiger partial charge in [0, 0.05) is 16.5 Å². The highest BCUT2D eigenvalue weighted by Gasteiger charge is 2.14. The molecule has 0 aliphatic carbocycles. The van der Waals surface area contributed by atoms with Crippen molar-refractivity contribution in [2.24, 2.45) is 0 Å². The summed E-state index contributed by atoms with van der Waals surface area (Å²) in [4.78, 5) is 45.3. The van der Waals surface area contributed by atoms with E-state index in [1.807, 2.05) is 6.92 Å². The van der Waals surface area contributed by atoms with E-state index in [1.54, 1.807) is 26.0 Å². The van der Waals surface area contributed by atoms with Gasteiger partial charge in [0.15, 0.2) is 6.61 Å². The van der Waals surface area contributed by atoms with Crippen molar-refractivity contribution >= 4 is 28.8 Å². The summed E-state index contributed by atoms with van der Waals surface area (Å²) in [6.45, 7) is 4.00. The first-order valence-electron chi connectivity index (χ1n) is 8.12. The second-order valence-corrected chi connectivity index (χ2v) is 5.94. The molecule has 0 aliphatic heterocycles. The van der Waals surface area contributed by atoms with E-state index < -0.39 is 30.0 Å². The maximum Gasteiger partial charge on any atom is 0.339 e. The van der Waals surface area contributed by atoms with Crippen LogP contribution < -0.4 is 21.0 Å². The van der Waals surface area contributed by atoms with Crippen molar-refractivity contribution in [3.63, 3.8) is 0 Å². The third kappa shape index (κ3) is 4.84. The van der Waals surface area contributed by atoms with E-state index >= 15 is 0 Å². The lowest BCUT2D eigenvalue weighted by molar-refractivity contribution is -0.137. The first-order chi connectivity index (χ1) is 12.7. The third-order valence-corrected chi connectivity index (χ3v) is 4.07. The van der Waals surface area contributed by atoms with Gasteiger partial charge >= 0.3 is 11.6 Å². The summed E-state index contributed by atoms with van der Waals surface area (Å²) in [6.07, 6.45) is 0. The van der Waals surface area contributed by atoms with Crippen molar-refractivity contribution in [2.45, 2.75) is 20.8 Å². The molecule has 2 amide bonds. The number of carboxylic acid groups (broad SMARTS) is 1. The van der Waals surface area contributed by atoms with Gasteiger partial charge in [0.2, 0.25) is 5.91 Å². The predicted octanol–water partition coefficient (Wildman–Crippen LogP) is 0.414. The molecule has 0 saturated carbocycles. The Labute approximate surface area is 154 Å². The summed E-state index contributed by atoms with van der Waals surface area (Å²) >= 11 is 0. The maximum atomic E-state index is 11.9. The second kappa shape index (κ2) is 8.35. The monoisotopic (exact) mass is 376 g/mol. The number of carbonyl (C=O) groups is 3. The molecule has 9 nitrogen and oxygen atoms in total. The Balaban J connectivity index is 2.01. The molecule has 0 bridgehead atoms. The van der Waals surface area contributed by atoms with Crippen LogP contribution in [0.3, 0.4) is 0 Å². The van der Waals surface area contributed by atoms with Crippen molar-refractivity contribution in [1.29, 1.82) is 0 Å². The molecule has 2 rings (SSSR count). The number of carboxylic acids is 1. The van der Waals surface area contributed by atoms with E-state index in [4.69, 9.17) is 14.3 Å². The molecule has 9 heteroatoms. The molecule has 0 spiro atoms. The highest BCUT2D eigenvalue weighted by molar-refractivity contribution is 5.88. The molecule has 1 aromatic carbocycles. The van der Waals surface area contributed by atoms with Gasteiger partial charge in [-0.2, -0.15) is 0 Å². The lowest BCUT2D eigenvalue weighted by Crippen LogP contribution is -2.40. The van der Waals surface area contributed by atoms with Crippen LogP contribution in [-0.4, -0.2) is 42.6 Å². The van der Waals surface area contributed by atoms with E-state index in [2.05, 4.69) is 10.6 Å². The van der Waals surface area contributed by atoms with Crippen molar-refractivity contribution in [3.05, 3.63) is 39.2 Å². The molecule has 1 aromatic heterocycles. The zero-order chi connectivity index (χ0) is 20.1. The number of benzene rings is 1. The Kier molecular flexibility index (Phi) is 6.17. The molecule has 144 valence electrons. The molecule has 1 heterocycles. The van der Waals surface area contributed by atoms with Crippen molar-refractivity contribution < 1.29 is 28.6 Å². The lowest BCUT2D eigenvalue weighted by Gasteiger charge is -2.12. The Morgan fingerprint density at radius 1 is 1.00 bits per heavy atom. The van der Waals surface area contributed by atoms with Crippen LogP contribution in [0.1, 0.15) is 16.7 Å². The van der Waals surface area contributed by atoms with Gasteiger partial charge in [-0.05, 0) is 38.5 Å². The number of carbonyl (C=O) groups excluding carboxylic acids is 2. The molecule has 0 aliphatic rings. The molecule has 0 saturated heterocycles. The van der Waals surface area contributed by atoms with Crippen LogP contribution in [-0.2, 0) is 14.4 Å². The summed E-state index contributed by atoms with van der Waals surface area (Å²) in [5.74, 6) is -1.98. The van der Waals surface area contributed by atoms with E-state index in [9.17, 15) is 19.2 Å². The maximum absolute atomic E-state index is 11.9. The number of amides is 2. The van der Waals surface area contributed by atoms with Gasteiger partial charge in [0.1, 0.15) is 17.9 Å². The number of fused-ring (bicyclic) bond motifs is 1. The smallest absolute Gasteiger partial charge is 0.339 e. The minimum absolute atomic E-state index is 0.354. The molecule has 27 heavy (non-hydrogen) atoms. The zero-order valence-electron chi connectivity index (χ0n) is 15.2. The number of nitrogens with one attached hydrogen (secondary N) is 2. The van der Waals surface area contributed by atoms with Gasteiger partial charge in [-0.15, -0.1) is 0 Å². The average Bonchev–Trinajstić information content (AvgIpc) is 2.62. The van der Waals surface area contributed by atoms with Crippen LogP contribution in [0, 0.1) is 20.8 Å². The molecule has 2 aromatic rings. The van der Waals surface area contributed by atoms with Crippen molar-refractivity contribution in [2.75, 3.05) is 19.7 Å². The van der Waals surface area contributed by atoms with Gasteiger partial charge in [-0.1, -0.05) is 0 Å². The summed E-state index contributed by atoms with van der Waals surface area (Å²) in [5.41, 5.74) is 1.91. The summed E-state index contributed by atoms with van der Waals surface area (Å²) in [7, 11) is 0. The predicted molar refractivity (Wildman–Crippen MR) is 95.8 cm³/mol. The number of aryl methyl sites for hydroxylation is 2. The topological polar surface area (TPSA) is 135 Å². The highest BCUT2D eigenvalue weighted by Crippen LogP contribution is 2.29. The minimum Gasteiger partial charge on any atom is -0.483 e. The van der Waals surface area contributed by atoms with Gasteiger partial charge in [-0.3, -0.25) is 14.4 Å². The number of aliphatic carboxylic acids is 1. The quantitative estimate of drug-likeness (QED) is 0.596. The van der Waals surface area contributed by atoms with Crippen LogP contribution in [0.2, 0.25) is 0 Å². The lowest BCUT2D eigenvalue weighted by atomic mass is 10.0. The number of rotatable bonds is 7. The van der Waals surface area contributed by atoms with E-state index in [-0.39, 0.29) is 13.2 Å². The molecule has 0 atom stereocenters. The summed E-state index contributed by atoms with van der Waals surface area (Å²) in [6, 6.07) is 3.43. The molecule has 0 unspecified atom stereocenters. The Morgan fingerprint density at radius 2 is 1.67 bits per heavy atom. The molecular weight excluding hydrogens is 356 g/mol. The van der Waals surface area contributed by atoms with Crippen LogP contribution in [0.15, 0.2) is 21.3 Å². The number of hydrogen-bond donors (Lipinski definition) is 3. The average molecular weight is 376 g/mol. The second-order valence-electron chi connectivity index (χ2n) is 5.94. The van der Waals surface area contributed by atoms with Crippen molar-refractivity contribution in [1.82, 2.24) is 10.6 Å². The van der Waals surface area contributed by atoms with Gasteiger partial charge in [0.25, 0.3) is 5.91 Å². The third-order valence-electron chi connectivity index (χ3n) is 4.07. The SMILES string of the molecule is Cc1c(C)c2ccc(OCC(=O)NCC(=O)NCC(=O)O)c(C)c2oc1=O. The van der Waals surface area contributed by atoms with Gasteiger partial charge in [0.05, 0.1) is 6.54 Å². The normalized spacial score (nSPS) is 10.5. The van der Waals surface area contributed by atoms with Gasteiger partial charge in [-0.25, -0.2) is 4.79 Å². The Morgan fingerprint density at radius 3 is 2.33 bits per heavy atom. The Bertz CT molecular complexity index is 962. The molecule has 0 radical (unpaired) electrons. The first kappa shape index (κ1) is 20.0. The number of hydrogen-bond acceptors (Lipinski definition) is 6. The fourth-order valence-corrected chi connectivity index (χ4v) is 2.39. The fourth-order valence-electron chi connectivity index (χ4n) is 2.39. The number of ether oxygens (including phenoxy) is 1. The largest absolute Gasteiger partial charge is 0.483 e. The van der Waals surface area contributed by atoms with E-state index in [1.165, 1.54) is 0 Å². The van der Waals surface area contributed by atoms with Crippen molar-refractivity contribution in [3.8, 4) is 5.75 Å². The first-order valence-corrected chi connectivity index (χ1v) is 8.12. The van der Waals surface area contributed by atoms with Crippen LogP contribution in [0.25, 0.3) is 11.0 Å². The fraction of sp³-hybridized carbons (Fsp3) is 0.333. The zero-order valence-corrected chi connectivity index (χ0v) is 15.2. The van der Waals surface area contributed by atoms with Crippen LogP contribution >= 0.6 is 0 Å².